The van der Waals surface area contributed by atoms with Crippen molar-refractivity contribution in [1.82, 2.24) is 29.5 Å². The van der Waals surface area contributed by atoms with E-state index in [1.807, 2.05) is 24.0 Å². The zero-order valence-corrected chi connectivity index (χ0v) is 22.0. The predicted molar refractivity (Wildman–Crippen MR) is 143 cm³/mol. The lowest BCUT2D eigenvalue weighted by atomic mass is 10.0. The molecule has 1 fully saturated rings. The van der Waals surface area contributed by atoms with Gasteiger partial charge in [0.15, 0.2) is 0 Å². The van der Waals surface area contributed by atoms with Crippen LogP contribution in [0.3, 0.4) is 0 Å². The highest BCUT2D eigenvalue weighted by Gasteiger charge is 2.25. The largest absolute Gasteiger partial charge is 0.386 e. The Morgan fingerprint density at radius 1 is 1.11 bits per heavy atom. The molecule has 1 amide bonds. The van der Waals surface area contributed by atoms with E-state index in [0.717, 1.165) is 18.8 Å². The highest BCUT2D eigenvalue weighted by molar-refractivity contribution is 6.30. The Labute approximate surface area is 221 Å². The second-order valence-electron chi connectivity index (χ2n) is 9.12. The normalized spacial score (nSPS) is 15.6. The van der Waals surface area contributed by atoms with Crippen molar-refractivity contribution < 1.29 is 9.90 Å². The number of halogens is 1. The summed E-state index contributed by atoms with van der Waals surface area (Å²) in [4.78, 5) is 34.1. The van der Waals surface area contributed by atoms with E-state index in [0.29, 0.717) is 55.4 Å². The van der Waals surface area contributed by atoms with Crippen LogP contribution in [-0.2, 0) is 4.79 Å². The van der Waals surface area contributed by atoms with Gasteiger partial charge in [-0.05, 0) is 49.2 Å². The summed E-state index contributed by atoms with van der Waals surface area (Å²) in [5, 5.41) is 18.9. The fourth-order valence-electron chi connectivity index (χ4n) is 4.51. The maximum absolute atomic E-state index is 13.2. The smallest absolute Gasteiger partial charge is 0.350 e. The summed E-state index contributed by atoms with van der Waals surface area (Å²) in [6.07, 6.45) is 3.71. The number of benzene rings is 1. The van der Waals surface area contributed by atoms with Crippen molar-refractivity contribution in [1.29, 1.82) is 0 Å². The molecule has 1 aromatic carbocycles. The van der Waals surface area contributed by atoms with Crippen LogP contribution in [0.1, 0.15) is 44.4 Å². The first-order chi connectivity index (χ1) is 17.9. The molecule has 0 saturated carbocycles. The number of hydrogen-bond donors (Lipinski definition) is 2. The highest BCUT2D eigenvalue weighted by atomic mass is 35.5. The molecule has 0 aliphatic carbocycles. The molecule has 0 unspecified atom stereocenters. The number of nitrogens with one attached hydrogen (secondary N) is 1. The molecule has 3 heterocycles. The second kappa shape index (κ2) is 12.4. The van der Waals surface area contributed by atoms with Crippen molar-refractivity contribution in [3.8, 4) is 5.69 Å². The number of hydrogen-bond acceptors (Lipinski definition) is 7. The molecule has 2 N–H and O–H groups in total. The van der Waals surface area contributed by atoms with Crippen LogP contribution in [0.2, 0.25) is 5.02 Å². The third-order valence-electron chi connectivity index (χ3n) is 6.67. The topological polar surface area (TPSA) is 109 Å². The lowest BCUT2D eigenvalue weighted by Crippen LogP contribution is -2.51. The molecule has 0 spiro atoms. The number of aromatic nitrogens is 4. The SMILES string of the molecule is CCCNCC(=O)N1CCN(c2ccc(-n3cnn([C@H](CC)[C@H](O)c4ccc(Cl)cc4)c3=O)cn2)CC1. The summed E-state index contributed by atoms with van der Waals surface area (Å²) in [5.41, 5.74) is 0.910. The van der Waals surface area contributed by atoms with Gasteiger partial charge in [-0.1, -0.05) is 37.6 Å². The molecule has 2 aromatic heterocycles. The van der Waals surface area contributed by atoms with Crippen molar-refractivity contribution in [2.75, 3.05) is 44.2 Å². The first kappa shape index (κ1) is 26.8. The number of aliphatic hydroxyl groups is 1. The minimum atomic E-state index is -0.906. The lowest BCUT2D eigenvalue weighted by Gasteiger charge is -2.35. The maximum Gasteiger partial charge on any atom is 0.350 e. The van der Waals surface area contributed by atoms with Crippen LogP contribution < -0.4 is 15.9 Å². The third-order valence-corrected chi connectivity index (χ3v) is 6.92. The van der Waals surface area contributed by atoms with E-state index in [2.05, 4.69) is 27.2 Å². The van der Waals surface area contributed by atoms with Gasteiger partial charge in [0, 0.05) is 31.2 Å². The minimum Gasteiger partial charge on any atom is -0.386 e. The predicted octanol–water partition coefficient (Wildman–Crippen LogP) is 2.42. The Morgan fingerprint density at radius 2 is 1.84 bits per heavy atom. The average Bonchev–Trinajstić information content (AvgIpc) is 3.30. The highest BCUT2D eigenvalue weighted by Crippen LogP contribution is 2.28. The van der Waals surface area contributed by atoms with Gasteiger partial charge >= 0.3 is 5.69 Å². The zero-order valence-electron chi connectivity index (χ0n) is 21.3. The first-order valence-corrected chi connectivity index (χ1v) is 13.1. The van der Waals surface area contributed by atoms with Crippen LogP contribution in [0.4, 0.5) is 5.82 Å². The van der Waals surface area contributed by atoms with Gasteiger partial charge < -0.3 is 20.2 Å². The Kier molecular flexibility index (Phi) is 8.96. The monoisotopic (exact) mass is 527 g/mol. The van der Waals surface area contributed by atoms with Gasteiger partial charge in [-0.15, -0.1) is 0 Å². The molecule has 37 heavy (non-hydrogen) atoms. The lowest BCUT2D eigenvalue weighted by molar-refractivity contribution is -0.130. The van der Waals surface area contributed by atoms with Crippen LogP contribution in [0.25, 0.3) is 5.69 Å². The van der Waals surface area contributed by atoms with E-state index >= 15 is 0 Å². The fourth-order valence-corrected chi connectivity index (χ4v) is 4.64. The summed E-state index contributed by atoms with van der Waals surface area (Å²) in [6.45, 7) is 7.89. The van der Waals surface area contributed by atoms with E-state index in [4.69, 9.17) is 11.6 Å². The summed E-state index contributed by atoms with van der Waals surface area (Å²) in [6, 6.07) is 10.1. The number of nitrogens with zero attached hydrogens (tertiary/aromatic N) is 6. The van der Waals surface area contributed by atoms with Crippen molar-refractivity contribution in [3.63, 3.8) is 0 Å². The van der Waals surface area contributed by atoms with Crippen molar-refractivity contribution in [3.05, 3.63) is 70.0 Å². The van der Waals surface area contributed by atoms with Crippen LogP contribution in [-0.4, -0.2) is 74.5 Å². The van der Waals surface area contributed by atoms with Gasteiger partial charge in [-0.25, -0.2) is 19.0 Å². The molecule has 198 valence electrons. The summed E-state index contributed by atoms with van der Waals surface area (Å²) >= 11 is 5.96. The number of pyridine rings is 1. The summed E-state index contributed by atoms with van der Waals surface area (Å²) in [7, 11) is 0. The van der Waals surface area contributed by atoms with Crippen molar-refractivity contribution >= 4 is 23.3 Å². The van der Waals surface area contributed by atoms with Crippen LogP contribution in [0, 0.1) is 0 Å². The molecule has 2 atom stereocenters. The van der Waals surface area contributed by atoms with E-state index in [1.54, 1.807) is 30.5 Å². The van der Waals surface area contributed by atoms with Gasteiger partial charge in [-0.2, -0.15) is 5.10 Å². The second-order valence-corrected chi connectivity index (χ2v) is 9.56. The molecule has 1 aliphatic heterocycles. The van der Waals surface area contributed by atoms with Gasteiger partial charge in [0.1, 0.15) is 18.2 Å². The Morgan fingerprint density at radius 3 is 2.46 bits per heavy atom. The molecular weight excluding hydrogens is 494 g/mol. The molecule has 4 rings (SSSR count). The quantitative estimate of drug-likeness (QED) is 0.390. The Balaban J connectivity index is 1.41. The zero-order chi connectivity index (χ0) is 26.4. The van der Waals surface area contributed by atoms with Gasteiger partial charge in [0.05, 0.1) is 24.5 Å². The number of piperazine rings is 1. The molecular formula is C26H34ClN7O3. The fraction of sp³-hybridized carbons (Fsp3) is 0.462. The van der Waals surface area contributed by atoms with E-state index in [-0.39, 0.29) is 11.6 Å². The first-order valence-electron chi connectivity index (χ1n) is 12.7. The third kappa shape index (κ3) is 6.20. The van der Waals surface area contributed by atoms with E-state index in [1.165, 1.54) is 15.6 Å². The van der Waals surface area contributed by atoms with Gasteiger partial charge in [-0.3, -0.25) is 4.79 Å². The van der Waals surface area contributed by atoms with E-state index < -0.39 is 12.1 Å². The maximum atomic E-state index is 13.2. The molecule has 1 aliphatic rings. The number of carbonyl (C=O) groups is 1. The molecule has 3 aromatic rings. The van der Waals surface area contributed by atoms with Gasteiger partial charge in [0.25, 0.3) is 0 Å². The molecule has 11 heteroatoms. The van der Waals surface area contributed by atoms with E-state index in [9.17, 15) is 14.7 Å². The van der Waals surface area contributed by atoms with Crippen molar-refractivity contribution in [2.45, 2.75) is 38.8 Å². The van der Waals surface area contributed by atoms with Crippen LogP contribution in [0.15, 0.2) is 53.7 Å². The number of aliphatic hydroxyl groups excluding tert-OH is 1. The van der Waals surface area contributed by atoms with Crippen LogP contribution in [0.5, 0.6) is 0 Å². The summed E-state index contributed by atoms with van der Waals surface area (Å²) in [5.74, 6) is 0.921. The standard InChI is InChI=1S/C26H34ClN7O3/c1-3-11-28-17-24(35)32-14-12-31(13-15-32)23-10-9-21(16-29-23)33-18-30-34(26(33)37)22(4-2)25(36)19-5-7-20(27)8-6-19/h5-10,16,18,22,25,28,36H,3-4,11-15,17H2,1-2H3/t22-,25-/m1/s1. The molecule has 0 radical (unpaired) electrons. The number of rotatable bonds is 10. The number of amides is 1. The number of anilines is 1. The minimum absolute atomic E-state index is 0.124. The molecule has 1 saturated heterocycles. The number of carbonyl (C=O) groups excluding carboxylic acids is 1. The molecule has 0 bridgehead atoms. The van der Waals surface area contributed by atoms with Crippen LogP contribution >= 0.6 is 11.6 Å². The summed E-state index contributed by atoms with van der Waals surface area (Å²) < 4.78 is 2.74. The molecule has 10 nitrogen and oxygen atoms in total. The van der Waals surface area contributed by atoms with Crippen molar-refractivity contribution in [2.24, 2.45) is 0 Å². The van der Waals surface area contributed by atoms with Gasteiger partial charge in [0.2, 0.25) is 5.91 Å². The Bertz CT molecular complexity index is 1220. The Hall–Kier alpha value is -3.21. The average molecular weight is 528 g/mol.